The molecule has 0 radical (unpaired) electrons. The maximum atomic E-state index is 6.75. The van der Waals surface area contributed by atoms with Crippen LogP contribution in [0.15, 0.2) is 10.6 Å². The third kappa shape index (κ3) is 5.27. The molecule has 5 heteroatoms. The van der Waals surface area contributed by atoms with Crippen molar-refractivity contribution in [3.8, 4) is 0 Å². The summed E-state index contributed by atoms with van der Waals surface area (Å²) in [5.41, 5.74) is 0. The van der Waals surface area contributed by atoms with Gasteiger partial charge in [-0.1, -0.05) is 63.5 Å². The van der Waals surface area contributed by atoms with Crippen LogP contribution in [-0.4, -0.2) is 28.8 Å². The van der Waals surface area contributed by atoms with Gasteiger partial charge in [-0.2, -0.15) is 0 Å². The van der Waals surface area contributed by atoms with Gasteiger partial charge in [0.15, 0.2) is 16.6 Å². The first-order valence-corrected chi connectivity index (χ1v) is 15.4. The maximum Gasteiger partial charge on any atom is 0.193 e. The second kappa shape index (κ2) is 7.06. The molecule has 0 N–H and O–H groups in total. The molecule has 0 bridgehead atoms. The van der Waals surface area contributed by atoms with Crippen molar-refractivity contribution in [3.05, 3.63) is 10.6 Å². The zero-order chi connectivity index (χ0) is 18.3. The van der Waals surface area contributed by atoms with E-state index in [1.54, 1.807) is 0 Å². The molecule has 0 unspecified atom stereocenters. The highest BCUT2D eigenvalue weighted by Crippen LogP contribution is 2.43. The van der Waals surface area contributed by atoms with Crippen LogP contribution < -0.4 is 0 Å². The lowest BCUT2D eigenvalue weighted by molar-refractivity contribution is 0.0516. The fourth-order valence-corrected chi connectivity index (χ4v) is 5.54. The summed E-state index contributed by atoms with van der Waals surface area (Å²) in [6.45, 7) is 23.1. The Hall–Kier alpha value is 0.574. The molecule has 2 atom stereocenters. The zero-order valence-corrected chi connectivity index (χ0v) is 20.4. The minimum atomic E-state index is -1.83. The second-order valence-electron chi connectivity index (χ2n) is 9.88. The molecule has 0 aromatic heterocycles. The summed E-state index contributed by atoms with van der Waals surface area (Å²) in [6.07, 6.45) is 4.62. The lowest BCUT2D eigenvalue weighted by atomic mass is 10.0. The first kappa shape index (κ1) is 21.6. The summed E-state index contributed by atoms with van der Waals surface area (Å²) in [7, 11) is -3.63. The molecule has 0 spiro atoms. The Bertz CT molecular complexity index is 445. The van der Waals surface area contributed by atoms with Crippen molar-refractivity contribution in [3.63, 3.8) is 0 Å². The highest BCUT2D eigenvalue weighted by molar-refractivity contribution is 9.11. The number of rotatable bonds is 4. The van der Waals surface area contributed by atoms with Crippen LogP contribution in [0.1, 0.15) is 54.4 Å². The average Bonchev–Trinajstić information content (AvgIpc) is 2.30. The van der Waals surface area contributed by atoms with Gasteiger partial charge in [0, 0.05) is 4.48 Å². The number of hydrogen-bond acceptors (Lipinski definition) is 2. The van der Waals surface area contributed by atoms with Crippen molar-refractivity contribution in [2.75, 3.05) is 0 Å². The van der Waals surface area contributed by atoms with E-state index >= 15 is 0 Å². The first-order chi connectivity index (χ1) is 10.1. The van der Waals surface area contributed by atoms with Crippen LogP contribution in [0.5, 0.6) is 0 Å². The van der Waals surface area contributed by atoms with E-state index in [1.165, 1.54) is 4.48 Å². The van der Waals surface area contributed by atoms with Crippen molar-refractivity contribution in [1.29, 1.82) is 0 Å². The fourth-order valence-electron chi connectivity index (χ4n) is 2.13. The summed E-state index contributed by atoms with van der Waals surface area (Å²) in [5, 5.41) is 0.432. The van der Waals surface area contributed by atoms with E-state index in [-0.39, 0.29) is 22.3 Å². The van der Waals surface area contributed by atoms with Crippen molar-refractivity contribution < 1.29 is 8.85 Å². The Morgan fingerprint density at radius 3 is 1.78 bits per heavy atom. The van der Waals surface area contributed by atoms with E-state index in [0.717, 1.165) is 12.8 Å². The molecule has 0 amide bonds. The Kier molecular flexibility index (Phi) is 6.64. The predicted octanol–water partition coefficient (Wildman–Crippen LogP) is 6.84. The normalized spacial score (nSPS) is 24.6. The summed E-state index contributed by atoms with van der Waals surface area (Å²) in [6, 6.07) is 0. The predicted molar refractivity (Wildman–Crippen MR) is 110 cm³/mol. The molecular formula is C18H37BrO2Si2. The SMILES string of the molecule is CC(C)(C)[Si](C)(C)O[C@@H]1C(Br)=CCC[C@H]1O[Si](C)(C)C(C)(C)C. The Balaban J connectivity index is 3.02. The Morgan fingerprint density at radius 2 is 1.35 bits per heavy atom. The number of hydrogen-bond donors (Lipinski definition) is 0. The van der Waals surface area contributed by atoms with E-state index in [0.29, 0.717) is 0 Å². The molecule has 136 valence electrons. The smallest absolute Gasteiger partial charge is 0.193 e. The molecule has 2 nitrogen and oxygen atoms in total. The van der Waals surface area contributed by atoms with Gasteiger partial charge in [0.2, 0.25) is 0 Å². The second-order valence-corrected chi connectivity index (χ2v) is 20.3. The fraction of sp³-hybridized carbons (Fsp3) is 0.889. The standard InChI is InChI=1S/C18H37BrO2Si2/c1-17(2,3)22(7,8)20-15-13-11-12-14(19)16(15)21-23(9,10)18(4,5)6/h12,15-16H,11,13H2,1-10H3/t15-,16-/m1/s1. The minimum Gasteiger partial charge on any atom is -0.411 e. The minimum absolute atomic E-state index is 0.0544. The molecule has 0 saturated heterocycles. The van der Waals surface area contributed by atoms with Crippen molar-refractivity contribution in [2.24, 2.45) is 0 Å². The van der Waals surface area contributed by atoms with Gasteiger partial charge in [-0.25, -0.2) is 0 Å². The Morgan fingerprint density at radius 1 is 0.913 bits per heavy atom. The van der Waals surface area contributed by atoms with Crippen molar-refractivity contribution in [1.82, 2.24) is 0 Å². The summed E-state index contributed by atoms with van der Waals surface area (Å²) < 4.78 is 14.7. The van der Waals surface area contributed by atoms with Crippen LogP contribution in [0.4, 0.5) is 0 Å². The number of allylic oxidation sites excluding steroid dienone is 1. The highest BCUT2D eigenvalue weighted by atomic mass is 79.9. The molecular weight excluding hydrogens is 384 g/mol. The molecule has 0 saturated carbocycles. The lowest BCUT2D eigenvalue weighted by Gasteiger charge is -2.46. The lowest BCUT2D eigenvalue weighted by Crippen LogP contribution is -2.52. The van der Waals surface area contributed by atoms with Gasteiger partial charge in [0.25, 0.3) is 0 Å². The molecule has 0 aromatic carbocycles. The van der Waals surface area contributed by atoms with E-state index in [9.17, 15) is 0 Å². The zero-order valence-electron chi connectivity index (χ0n) is 16.8. The molecule has 0 fully saturated rings. The molecule has 1 rings (SSSR count). The molecule has 1 aliphatic carbocycles. The van der Waals surface area contributed by atoms with Crippen LogP contribution >= 0.6 is 15.9 Å². The van der Waals surface area contributed by atoms with E-state index < -0.39 is 16.6 Å². The van der Waals surface area contributed by atoms with Crippen LogP contribution in [-0.2, 0) is 8.85 Å². The third-order valence-corrected chi connectivity index (χ3v) is 15.6. The molecule has 0 aromatic rings. The summed E-state index contributed by atoms with van der Waals surface area (Å²) in [5.74, 6) is 0. The monoisotopic (exact) mass is 420 g/mol. The quantitative estimate of drug-likeness (QED) is 0.463. The topological polar surface area (TPSA) is 18.5 Å². The molecule has 23 heavy (non-hydrogen) atoms. The van der Waals surface area contributed by atoms with E-state index in [1.807, 2.05) is 0 Å². The Labute approximate surface area is 154 Å². The van der Waals surface area contributed by atoms with Crippen LogP contribution in [0.3, 0.4) is 0 Å². The van der Waals surface area contributed by atoms with Crippen LogP contribution in [0, 0.1) is 0 Å². The van der Waals surface area contributed by atoms with E-state index in [4.69, 9.17) is 8.85 Å². The van der Waals surface area contributed by atoms with Gasteiger partial charge in [-0.05, 0) is 49.1 Å². The first-order valence-electron chi connectivity index (χ1n) is 8.80. The number of halogens is 1. The van der Waals surface area contributed by atoms with Gasteiger partial charge in [0.05, 0.1) is 6.10 Å². The highest BCUT2D eigenvalue weighted by Gasteiger charge is 2.45. The van der Waals surface area contributed by atoms with Gasteiger partial charge >= 0.3 is 0 Å². The van der Waals surface area contributed by atoms with E-state index in [2.05, 4.69) is 89.7 Å². The average molecular weight is 422 g/mol. The summed E-state index contributed by atoms with van der Waals surface area (Å²) >= 11 is 3.77. The van der Waals surface area contributed by atoms with Gasteiger partial charge in [0.1, 0.15) is 6.10 Å². The third-order valence-electron chi connectivity index (χ3n) is 5.88. The molecule has 0 aliphatic heterocycles. The van der Waals surface area contributed by atoms with Gasteiger partial charge in [-0.15, -0.1) is 0 Å². The van der Waals surface area contributed by atoms with Gasteiger partial charge < -0.3 is 8.85 Å². The van der Waals surface area contributed by atoms with Gasteiger partial charge in [-0.3, -0.25) is 0 Å². The largest absolute Gasteiger partial charge is 0.411 e. The molecule has 1 aliphatic rings. The maximum absolute atomic E-state index is 6.75. The van der Waals surface area contributed by atoms with Crippen LogP contribution in [0.25, 0.3) is 0 Å². The van der Waals surface area contributed by atoms with Crippen molar-refractivity contribution in [2.45, 2.75) is 103 Å². The van der Waals surface area contributed by atoms with Crippen LogP contribution in [0.2, 0.25) is 36.3 Å². The molecule has 0 heterocycles. The summed E-state index contributed by atoms with van der Waals surface area (Å²) in [4.78, 5) is 0. The van der Waals surface area contributed by atoms with Crippen molar-refractivity contribution >= 4 is 32.6 Å².